The van der Waals surface area contributed by atoms with Gasteiger partial charge in [0.2, 0.25) is 5.95 Å². The van der Waals surface area contributed by atoms with Gasteiger partial charge < -0.3 is 9.67 Å². The van der Waals surface area contributed by atoms with Gasteiger partial charge in [-0.15, -0.1) is 0 Å². The quantitative estimate of drug-likeness (QED) is 0.494. The van der Waals surface area contributed by atoms with Gasteiger partial charge in [0.1, 0.15) is 12.2 Å². The normalized spacial score (nSPS) is 11.3. The number of carboxylic acids is 1. The molecule has 12 heteroatoms. The highest BCUT2D eigenvalue weighted by Crippen LogP contribution is 2.10. The zero-order valence-electron chi connectivity index (χ0n) is 13.6. The van der Waals surface area contributed by atoms with Gasteiger partial charge in [0.05, 0.1) is 24.6 Å². The van der Waals surface area contributed by atoms with E-state index in [1.807, 2.05) is 6.92 Å². The molecule has 0 bridgehead atoms. The fraction of sp³-hybridized carbons (Fsp3) is 0.214. The molecule has 4 aromatic rings. The minimum Gasteiger partial charge on any atom is -0.478 e. The molecule has 0 saturated heterocycles. The SMILES string of the molecule is CCn1ncnc1Cn1cnc2nc(-n3cc(C(=O)O)cn3)[nH]c(=O)c21. The molecule has 4 rings (SSSR count). The maximum Gasteiger partial charge on any atom is 0.338 e. The van der Waals surface area contributed by atoms with Gasteiger partial charge in [-0.2, -0.15) is 15.2 Å². The first-order valence-corrected chi connectivity index (χ1v) is 7.67. The standard InChI is InChI=1S/C14H13N9O3/c1-2-22-9(15-6-18-22)5-21-7-16-11-10(21)12(24)20-14(19-11)23-4-8(3-17-23)13(25)26/h3-4,6-7H,2,5H2,1H3,(H,25,26)(H,19,20,24). The summed E-state index contributed by atoms with van der Waals surface area (Å²) in [4.78, 5) is 38.7. The third kappa shape index (κ3) is 2.53. The molecule has 0 radical (unpaired) electrons. The maximum absolute atomic E-state index is 12.5. The Bertz CT molecular complexity index is 1170. The second-order valence-corrected chi connectivity index (χ2v) is 5.40. The minimum atomic E-state index is -1.12. The monoisotopic (exact) mass is 355 g/mol. The first-order valence-electron chi connectivity index (χ1n) is 7.67. The third-order valence-corrected chi connectivity index (χ3v) is 3.82. The van der Waals surface area contributed by atoms with E-state index in [2.05, 4.69) is 30.1 Å². The van der Waals surface area contributed by atoms with Crippen LogP contribution >= 0.6 is 0 Å². The van der Waals surface area contributed by atoms with Crippen molar-refractivity contribution in [1.82, 2.24) is 44.1 Å². The van der Waals surface area contributed by atoms with Crippen molar-refractivity contribution in [2.24, 2.45) is 0 Å². The molecule has 0 fully saturated rings. The number of hydrogen-bond donors (Lipinski definition) is 2. The molecule has 0 aliphatic rings. The molecule has 0 saturated carbocycles. The van der Waals surface area contributed by atoms with Crippen LogP contribution in [0.4, 0.5) is 0 Å². The van der Waals surface area contributed by atoms with E-state index in [4.69, 9.17) is 5.11 Å². The van der Waals surface area contributed by atoms with Crippen molar-refractivity contribution < 1.29 is 9.90 Å². The third-order valence-electron chi connectivity index (χ3n) is 3.82. The Morgan fingerprint density at radius 3 is 2.88 bits per heavy atom. The van der Waals surface area contributed by atoms with E-state index in [0.29, 0.717) is 18.9 Å². The summed E-state index contributed by atoms with van der Waals surface area (Å²) in [6, 6.07) is 0. The summed E-state index contributed by atoms with van der Waals surface area (Å²) in [7, 11) is 0. The van der Waals surface area contributed by atoms with Gasteiger partial charge in [-0.25, -0.2) is 24.1 Å². The Morgan fingerprint density at radius 2 is 2.15 bits per heavy atom. The molecule has 0 spiro atoms. The van der Waals surface area contributed by atoms with E-state index in [1.54, 1.807) is 9.25 Å². The summed E-state index contributed by atoms with van der Waals surface area (Å²) >= 11 is 0. The van der Waals surface area contributed by atoms with Gasteiger partial charge >= 0.3 is 5.97 Å². The van der Waals surface area contributed by atoms with Crippen LogP contribution in [0.5, 0.6) is 0 Å². The number of H-pyrrole nitrogens is 1. The van der Waals surface area contributed by atoms with E-state index in [0.717, 1.165) is 0 Å². The van der Waals surface area contributed by atoms with Crippen molar-refractivity contribution in [2.45, 2.75) is 20.0 Å². The lowest BCUT2D eigenvalue weighted by atomic mass is 10.4. The van der Waals surface area contributed by atoms with Gasteiger partial charge in [-0.05, 0) is 6.92 Å². The van der Waals surface area contributed by atoms with Crippen molar-refractivity contribution in [1.29, 1.82) is 0 Å². The summed E-state index contributed by atoms with van der Waals surface area (Å²) < 4.78 is 4.53. The lowest BCUT2D eigenvalue weighted by Crippen LogP contribution is -2.17. The fourth-order valence-corrected chi connectivity index (χ4v) is 2.58. The number of imidazole rings is 1. The Kier molecular flexibility index (Phi) is 3.57. The van der Waals surface area contributed by atoms with E-state index < -0.39 is 11.5 Å². The maximum atomic E-state index is 12.5. The minimum absolute atomic E-state index is 0.0165. The Morgan fingerprint density at radius 1 is 1.31 bits per heavy atom. The average Bonchev–Trinajstić information content (AvgIpc) is 3.34. The summed E-state index contributed by atoms with van der Waals surface area (Å²) in [5.41, 5.74) is 0.0679. The number of rotatable bonds is 5. The summed E-state index contributed by atoms with van der Waals surface area (Å²) in [5.74, 6) is -0.352. The van der Waals surface area contributed by atoms with Crippen LogP contribution in [-0.2, 0) is 13.1 Å². The highest BCUT2D eigenvalue weighted by molar-refractivity contribution is 5.86. The lowest BCUT2D eigenvalue weighted by Gasteiger charge is -2.05. The molecule has 26 heavy (non-hydrogen) atoms. The number of fused-ring (bicyclic) bond motifs is 1. The fourth-order valence-electron chi connectivity index (χ4n) is 2.58. The van der Waals surface area contributed by atoms with Crippen LogP contribution in [-0.4, -0.2) is 55.1 Å². The molecular weight excluding hydrogens is 342 g/mol. The number of aryl methyl sites for hydroxylation is 1. The molecule has 0 aliphatic heterocycles. The Hall–Kier alpha value is -3.83. The van der Waals surface area contributed by atoms with Crippen LogP contribution in [0.15, 0.2) is 29.8 Å². The molecule has 0 unspecified atom stereocenters. The first-order chi connectivity index (χ1) is 12.6. The van der Waals surface area contributed by atoms with E-state index in [-0.39, 0.29) is 22.7 Å². The second kappa shape index (κ2) is 5.91. The highest BCUT2D eigenvalue weighted by atomic mass is 16.4. The number of carbonyl (C=O) groups is 1. The molecule has 0 aliphatic carbocycles. The number of aromatic amines is 1. The molecule has 0 amide bonds. The molecular formula is C14H13N9O3. The van der Waals surface area contributed by atoms with Gasteiger partial charge in [-0.3, -0.25) is 9.78 Å². The molecule has 0 aromatic carbocycles. The molecule has 132 valence electrons. The lowest BCUT2D eigenvalue weighted by molar-refractivity contribution is 0.0697. The summed E-state index contributed by atoms with van der Waals surface area (Å²) in [5, 5.41) is 17.0. The Labute approximate surface area is 144 Å². The van der Waals surface area contributed by atoms with E-state index in [9.17, 15) is 9.59 Å². The largest absolute Gasteiger partial charge is 0.478 e. The number of nitrogens with zero attached hydrogens (tertiary/aromatic N) is 8. The van der Waals surface area contributed by atoms with Gasteiger partial charge in [-0.1, -0.05) is 0 Å². The number of hydrogen-bond acceptors (Lipinski definition) is 7. The predicted molar refractivity (Wildman–Crippen MR) is 87.0 cm³/mol. The Balaban J connectivity index is 1.75. The predicted octanol–water partition coefficient (Wildman–Crippen LogP) is -0.337. The van der Waals surface area contributed by atoms with Crippen molar-refractivity contribution in [3.05, 3.63) is 46.8 Å². The molecule has 4 heterocycles. The van der Waals surface area contributed by atoms with E-state index in [1.165, 1.54) is 29.7 Å². The average molecular weight is 355 g/mol. The molecule has 12 nitrogen and oxygen atoms in total. The van der Waals surface area contributed by atoms with Gasteiger partial charge in [0, 0.05) is 12.7 Å². The number of aromatic nitrogens is 9. The zero-order valence-corrected chi connectivity index (χ0v) is 13.6. The number of carboxylic acid groups (broad SMARTS) is 1. The summed E-state index contributed by atoms with van der Waals surface area (Å²) in [6.45, 7) is 2.92. The van der Waals surface area contributed by atoms with Crippen molar-refractivity contribution in [2.75, 3.05) is 0 Å². The van der Waals surface area contributed by atoms with Crippen LogP contribution in [0.1, 0.15) is 23.1 Å². The van der Waals surface area contributed by atoms with Crippen molar-refractivity contribution >= 4 is 17.1 Å². The van der Waals surface area contributed by atoms with Crippen LogP contribution in [0.2, 0.25) is 0 Å². The van der Waals surface area contributed by atoms with Crippen LogP contribution in [0.3, 0.4) is 0 Å². The van der Waals surface area contributed by atoms with Crippen LogP contribution < -0.4 is 5.56 Å². The highest BCUT2D eigenvalue weighted by Gasteiger charge is 2.15. The molecule has 2 N–H and O–H groups in total. The van der Waals surface area contributed by atoms with Crippen molar-refractivity contribution in [3.8, 4) is 5.95 Å². The van der Waals surface area contributed by atoms with Crippen LogP contribution in [0.25, 0.3) is 17.1 Å². The second-order valence-electron chi connectivity index (χ2n) is 5.40. The van der Waals surface area contributed by atoms with E-state index >= 15 is 0 Å². The molecule has 0 atom stereocenters. The smallest absolute Gasteiger partial charge is 0.338 e. The molecule has 4 aromatic heterocycles. The van der Waals surface area contributed by atoms with Gasteiger partial charge in [0.25, 0.3) is 5.56 Å². The van der Waals surface area contributed by atoms with Crippen molar-refractivity contribution in [3.63, 3.8) is 0 Å². The number of aromatic carboxylic acids is 1. The van der Waals surface area contributed by atoms with Gasteiger partial charge in [0.15, 0.2) is 11.2 Å². The summed E-state index contributed by atoms with van der Waals surface area (Å²) in [6.07, 6.45) is 5.38. The topological polar surface area (TPSA) is 149 Å². The van der Waals surface area contributed by atoms with Crippen LogP contribution in [0, 0.1) is 0 Å². The first kappa shape index (κ1) is 15.7. The number of nitrogens with one attached hydrogen (secondary N) is 1. The zero-order chi connectivity index (χ0) is 18.3.